The van der Waals surface area contributed by atoms with Crippen LogP contribution in [0.2, 0.25) is 0 Å². The highest BCUT2D eigenvalue weighted by Crippen LogP contribution is 2.21. The Balaban J connectivity index is 0.00000400. The maximum absolute atomic E-state index is 13.5. The molecule has 4 N–H and O–H groups in total. The highest BCUT2D eigenvalue weighted by Gasteiger charge is 2.18. The lowest BCUT2D eigenvalue weighted by molar-refractivity contribution is 0.249. The number of hydrogen-bond acceptors (Lipinski definition) is 8. The van der Waals surface area contributed by atoms with Gasteiger partial charge >= 0.3 is 0 Å². The lowest BCUT2D eigenvalue weighted by Crippen LogP contribution is -2.46. The summed E-state index contributed by atoms with van der Waals surface area (Å²) >= 11 is 0. The summed E-state index contributed by atoms with van der Waals surface area (Å²) in [6.07, 6.45) is 5.89. The van der Waals surface area contributed by atoms with Gasteiger partial charge in [0.2, 0.25) is 5.95 Å². The molecular formula is C26H35ClF2N8O. The first kappa shape index (κ1) is 29.3. The second-order valence-electron chi connectivity index (χ2n) is 9.56. The van der Waals surface area contributed by atoms with E-state index < -0.39 is 11.6 Å². The summed E-state index contributed by atoms with van der Waals surface area (Å²) in [5, 5.41) is 17.3. The molecular weight excluding hydrogens is 514 g/mol. The Morgan fingerprint density at radius 2 is 1.76 bits per heavy atom. The summed E-state index contributed by atoms with van der Waals surface area (Å²) in [5.74, 6) is 0.282. The molecule has 206 valence electrons. The van der Waals surface area contributed by atoms with E-state index in [4.69, 9.17) is 5.73 Å². The Hall–Kier alpha value is -3.28. The first-order chi connectivity index (χ1) is 17.7. The Labute approximate surface area is 227 Å². The van der Waals surface area contributed by atoms with Crippen LogP contribution < -0.4 is 16.0 Å². The second-order valence-corrected chi connectivity index (χ2v) is 9.56. The Morgan fingerprint density at radius 3 is 2.39 bits per heavy atom. The molecule has 0 radical (unpaired) electrons. The number of nitrogen functional groups attached to an aromatic ring is 1. The molecule has 1 atom stereocenters. The number of aromatic nitrogens is 4. The summed E-state index contributed by atoms with van der Waals surface area (Å²) in [6.45, 7) is 9.71. The maximum Gasteiger partial charge on any atom is 0.224 e. The van der Waals surface area contributed by atoms with Crippen LogP contribution in [-0.2, 0) is 0 Å². The van der Waals surface area contributed by atoms with Crippen LogP contribution in [-0.4, -0.2) is 75.1 Å². The van der Waals surface area contributed by atoms with E-state index in [2.05, 4.69) is 31.4 Å². The van der Waals surface area contributed by atoms with Crippen LogP contribution in [0.3, 0.4) is 0 Å². The van der Waals surface area contributed by atoms with Gasteiger partial charge in [0.15, 0.2) is 5.82 Å². The van der Waals surface area contributed by atoms with Gasteiger partial charge in [0.05, 0.1) is 24.5 Å². The zero-order valence-corrected chi connectivity index (χ0v) is 22.6. The molecule has 1 aliphatic heterocycles. The van der Waals surface area contributed by atoms with Crippen molar-refractivity contribution in [2.24, 2.45) is 5.92 Å². The number of hydrogen-bond donors (Lipinski definition) is 3. The van der Waals surface area contributed by atoms with Crippen LogP contribution in [0, 0.1) is 24.5 Å². The van der Waals surface area contributed by atoms with Crippen LogP contribution >= 0.6 is 12.4 Å². The van der Waals surface area contributed by atoms with Crippen molar-refractivity contribution in [3.05, 3.63) is 59.4 Å². The van der Waals surface area contributed by atoms with Crippen molar-refractivity contribution >= 4 is 35.9 Å². The largest absolute Gasteiger partial charge is 0.394 e. The van der Waals surface area contributed by atoms with E-state index in [0.29, 0.717) is 30.4 Å². The predicted molar refractivity (Wildman–Crippen MR) is 149 cm³/mol. The van der Waals surface area contributed by atoms with Gasteiger partial charge in [0.25, 0.3) is 0 Å². The van der Waals surface area contributed by atoms with E-state index in [-0.39, 0.29) is 36.9 Å². The van der Waals surface area contributed by atoms with Gasteiger partial charge in [-0.1, -0.05) is 26.0 Å². The molecule has 0 spiro atoms. The molecule has 4 rings (SSSR count). The zero-order chi connectivity index (χ0) is 26.5. The molecule has 12 heteroatoms. The fourth-order valence-electron chi connectivity index (χ4n) is 4.30. The quantitative estimate of drug-likeness (QED) is 0.373. The van der Waals surface area contributed by atoms with Crippen molar-refractivity contribution in [3.8, 4) is 5.82 Å². The van der Waals surface area contributed by atoms with E-state index in [0.717, 1.165) is 37.0 Å². The molecule has 3 heterocycles. The van der Waals surface area contributed by atoms with Gasteiger partial charge in [0.1, 0.15) is 17.5 Å². The molecule has 0 unspecified atom stereocenters. The topological polar surface area (TPSA) is 108 Å². The standard InChI is InChI=1S/C26H34F2N8O.ClH/c1-17(2)23(16-37)31-24-14-25(33-26(29)32-24)36-18(3)19(15-30-36)5-4-6-34-7-9-35(10-8-34)22-12-20(27)11-21(28)13-22;/h4-5,11-15,17,23,37H,6-10,16H2,1-3H3,(H3,29,31,32,33);1H/t23-;/m1./s1. The van der Waals surface area contributed by atoms with Crippen molar-refractivity contribution < 1.29 is 13.9 Å². The minimum Gasteiger partial charge on any atom is -0.394 e. The van der Waals surface area contributed by atoms with Gasteiger partial charge in [-0.05, 0) is 25.0 Å². The van der Waals surface area contributed by atoms with Crippen LogP contribution in [0.15, 0.2) is 36.5 Å². The molecule has 0 amide bonds. The van der Waals surface area contributed by atoms with E-state index in [9.17, 15) is 13.9 Å². The van der Waals surface area contributed by atoms with E-state index in [1.54, 1.807) is 16.9 Å². The van der Waals surface area contributed by atoms with Gasteiger partial charge in [0, 0.05) is 56.1 Å². The Kier molecular flexibility index (Phi) is 10.0. The molecule has 3 aromatic rings. The monoisotopic (exact) mass is 548 g/mol. The average molecular weight is 549 g/mol. The van der Waals surface area contributed by atoms with Crippen LogP contribution in [0.25, 0.3) is 11.9 Å². The molecule has 0 aliphatic carbocycles. The third kappa shape index (κ3) is 7.18. The van der Waals surface area contributed by atoms with Crippen LogP contribution in [0.1, 0.15) is 25.1 Å². The summed E-state index contributed by atoms with van der Waals surface area (Å²) in [4.78, 5) is 12.9. The first-order valence-corrected chi connectivity index (χ1v) is 12.4. The molecule has 9 nitrogen and oxygen atoms in total. The van der Waals surface area contributed by atoms with Crippen LogP contribution in [0.4, 0.5) is 26.2 Å². The van der Waals surface area contributed by atoms with Crippen molar-refractivity contribution in [2.45, 2.75) is 26.8 Å². The SMILES string of the molecule is Cc1c(C=CCN2CCN(c3cc(F)cc(F)c3)CC2)cnn1-c1cc(N[C@H](CO)C(C)C)nc(N)n1.Cl. The number of aliphatic hydroxyl groups is 1. The van der Waals surface area contributed by atoms with Crippen LogP contribution in [0.5, 0.6) is 0 Å². The molecule has 0 saturated carbocycles. The second kappa shape index (κ2) is 13.0. The average Bonchev–Trinajstić information content (AvgIpc) is 3.22. The van der Waals surface area contributed by atoms with Gasteiger partial charge in [-0.3, -0.25) is 4.90 Å². The number of nitrogens with one attached hydrogen (secondary N) is 1. The fraction of sp³-hybridized carbons (Fsp3) is 0.423. The molecule has 38 heavy (non-hydrogen) atoms. The highest BCUT2D eigenvalue weighted by molar-refractivity contribution is 5.85. The third-order valence-corrected chi connectivity index (χ3v) is 6.58. The van der Waals surface area contributed by atoms with Crippen molar-refractivity contribution in [1.29, 1.82) is 0 Å². The lowest BCUT2D eigenvalue weighted by Gasteiger charge is -2.35. The number of aliphatic hydroxyl groups excluding tert-OH is 1. The number of piperazine rings is 1. The van der Waals surface area contributed by atoms with Gasteiger partial charge in [-0.15, -0.1) is 12.4 Å². The van der Waals surface area contributed by atoms with Crippen molar-refractivity contribution in [1.82, 2.24) is 24.6 Å². The fourth-order valence-corrected chi connectivity index (χ4v) is 4.30. The van der Waals surface area contributed by atoms with Crippen molar-refractivity contribution in [2.75, 3.05) is 55.3 Å². The molecule has 1 aromatic carbocycles. The molecule has 1 aliphatic rings. The third-order valence-electron chi connectivity index (χ3n) is 6.58. The summed E-state index contributed by atoms with van der Waals surface area (Å²) in [6, 6.07) is 5.25. The number of halogens is 3. The minimum absolute atomic E-state index is 0. The van der Waals surface area contributed by atoms with Gasteiger partial charge < -0.3 is 21.1 Å². The van der Waals surface area contributed by atoms with Gasteiger partial charge in [-0.2, -0.15) is 15.1 Å². The van der Waals surface area contributed by atoms with E-state index >= 15 is 0 Å². The summed E-state index contributed by atoms with van der Waals surface area (Å²) < 4.78 is 28.8. The van der Waals surface area contributed by atoms with Crippen molar-refractivity contribution in [3.63, 3.8) is 0 Å². The Morgan fingerprint density at radius 1 is 1.08 bits per heavy atom. The molecule has 1 fully saturated rings. The number of anilines is 3. The highest BCUT2D eigenvalue weighted by atomic mass is 35.5. The number of nitrogens with zero attached hydrogens (tertiary/aromatic N) is 6. The lowest BCUT2D eigenvalue weighted by atomic mass is 10.1. The predicted octanol–water partition coefficient (Wildman–Crippen LogP) is 3.52. The normalized spacial score (nSPS) is 15.2. The van der Waals surface area contributed by atoms with Gasteiger partial charge in [-0.25, -0.2) is 13.5 Å². The summed E-state index contributed by atoms with van der Waals surface area (Å²) in [7, 11) is 0. The van der Waals surface area contributed by atoms with E-state index in [1.165, 1.54) is 12.1 Å². The minimum atomic E-state index is -0.557. The summed E-state index contributed by atoms with van der Waals surface area (Å²) in [5.41, 5.74) is 8.38. The number of benzene rings is 1. The van der Waals surface area contributed by atoms with E-state index in [1.807, 2.05) is 31.7 Å². The zero-order valence-electron chi connectivity index (χ0n) is 21.8. The Bertz CT molecular complexity index is 1220. The molecule has 2 aromatic heterocycles. The first-order valence-electron chi connectivity index (χ1n) is 12.4. The molecule has 0 bridgehead atoms. The maximum atomic E-state index is 13.5. The molecule has 1 saturated heterocycles. The smallest absolute Gasteiger partial charge is 0.224 e. The number of nitrogens with two attached hydrogens (primary N) is 1. The number of rotatable bonds is 9.